The summed E-state index contributed by atoms with van der Waals surface area (Å²) in [6.07, 6.45) is 0. The molecule has 0 bridgehead atoms. The number of carbonyl (C=O) groups excluding carboxylic acids is 1. The van der Waals surface area contributed by atoms with Crippen LogP contribution in [0.25, 0.3) is 22.0 Å². The fourth-order valence-corrected chi connectivity index (χ4v) is 4.66. The van der Waals surface area contributed by atoms with Crippen LogP contribution in [-0.2, 0) is 11.3 Å². The predicted molar refractivity (Wildman–Crippen MR) is 117 cm³/mol. The van der Waals surface area contributed by atoms with Crippen LogP contribution in [0.5, 0.6) is 11.5 Å². The first-order valence-corrected chi connectivity index (χ1v) is 10.4. The number of pyridine rings is 1. The summed E-state index contributed by atoms with van der Waals surface area (Å²) in [7, 11) is 3.05. The molecule has 2 aliphatic rings. The molecule has 0 radical (unpaired) electrons. The zero-order valence-electron chi connectivity index (χ0n) is 17.6. The van der Waals surface area contributed by atoms with Gasteiger partial charge >= 0.3 is 0 Å². The molecule has 0 amide bonds. The molecule has 0 unspecified atom stereocenters. The molecule has 160 valence electrons. The summed E-state index contributed by atoms with van der Waals surface area (Å²) < 4.78 is 18.2. The molecule has 0 N–H and O–H groups in total. The number of aromatic nitrogens is 1. The van der Waals surface area contributed by atoms with E-state index in [1.54, 1.807) is 16.7 Å². The minimum absolute atomic E-state index is 0.0667. The zero-order valence-corrected chi connectivity index (χ0v) is 17.6. The molecule has 0 saturated carbocycles. The summed E-state index contributed by atoms with van der Waals surface area (Å²) in [6, 6.07) is 11.0. The quantitative estimate of drug-likeness (QED) is 0.494. The van der Waals surface area contributed by atoms with Crippen molar-refractivity contribution >= 4 is 16.6 Å². The number of hydrogen-bond acceptors (Lipinski definition) is 6. The standard InChI is InChI=1S/C24H24N2O5/c1-29-18-8-7-17-19-21(15-5-3-4-6-16(15)22(19)27)26(24(28)20(17)23(18)30-2)10-9-25-11-13-31-14-12-25/h3-8H,9-14H2,1-2H3. The lowest BCUT2D eigenvalue weighted by Gasteiger charge is -2.27. The van der Waals surface area contributed by atoms with Gasteiger partial charge in [0.1, 0.15) is 0 Å². The minimum Gasteiger partial charge on any atom is -0.493 e. The second-order valence-electron chi connectivity index (χ2n) is 7.73. The first-order valence-electron chi connectivity index (χ1n) is 10.4. The lowest BCUT2D eigenvalue weighted by Crippen LogP contribution is -2.39. The van der Waals surface area contributed by atoms with Crippen molar-refractivity contribution in [2.45, 2.75) is 6.54 Å². The van der Waals surface area contributed by atoms with E-state index in [0.717, 1.165) is 18.7 Å². The van der Waals surface area contributed by atoms with Crippen molar-refractivity contribution in [2.24, 2.45) is 0 Å². The van der Waals surface area contributed by atoms with Gasteiger partial charge < -0.3 is 18.8 Å². The highest BCUT2D eigenvalue weighted by atomic mass is 16.5. The van der Waals surface area contributed by atoms with E-state index in [1.165, 1.54) is 14.2 Å². The second-order valence-corrected chi connectivity index (χ2v) is 7.73. The van der Waals surface area contributed by atoms with Crippen molar-refractivity contribution in [2.75, 3.05) is 47.1 Å². The zero-order chi connectivity index (χ0) is 21.5. The highest BCUT2D eigenvalue weighted by Crippen LogP contribution is 2.42. The maximum Gasteiger partial charge on any atom is 0.262 e. The Hall–Kier alpha value is -3.16. The fraction of sp³-hybridized carbons (Fsp3) is 0.333. The monoisotopic (exact) mass is 420 g/mol. The third kappa shape index (κ3) is 3.04. The molecule has 31 heavy (non-hydrogen) atoms. The molecule has 5 rings (SSSR count). The Balaban J connectivity index is 1.77. The van der Waals surface area contributed by atoms with Crippen molar-refractivity contribution in [1.29, 1.82) is 0 Å². The van der Waals surface area contributed by atoms with Crippen LogP contribution in [-0.4, -0.2) is 62.3 Å². The van der Waals surface area contributed by atoms with Crippen LogP contribution < -0.4 is 15.0 Å². The molecule has 7 nitrogen and oxygen atoms in total. The van der Waals surface area contributed by atoms with E-state index in [4.69, 9.17) is 14.2 Å². The van der Waals surface area contributed by atoms with E-state index >= 15 is 0 Å². The van der Waals surface area contributed by atoms with Crippen LogP contribution in [0, 0.1) is 0 Å². The summed E-state index contributed by atoms with van der Waals surface area (Å²) in [4.78, 5) is 29.5. The van der Waals surface area contributed by atoms with Gasteiger partial charge in [-0.25, -0.2) is 0 Å². The van der Waals surface area contributed by atoms with Gasteiger partial charge in [-0.3, -0.25) is 14.5 Å². The van der Waals surface area contributed by atoms with Crippen molar-refractivity contribution in [3.63, 3.8) is 0 Å². The first kappa shape index (κ1) is 19.8. The number of ether oxygens (including phenoxy) is 3. The highest BCUT2D eigenvalue weighted by molar-refractivity contribution is 6.27. The number of nitrogens with zero attached hydrogens (tertiary/aromatic N) is 2. The number of fused-ring (bicyclic) bond motifs is 5. The van der Waals surface area contributed by atoms with Gasteiger partial charge in [0, 0.05) is 42.7 Å². The molecule has 1 saturated heterocycles. The molecule has 0 spiro atoms. The van der Waals surface area contributed by atoms with Gasteiger partial charge in [0.05, 0.1) is 44.1 Å². The fourth-order valence-electron chi connectivity index (χ4n) is 4.66. The smallest absolute Gasteiger partial charge is 0.262 e. The second kappa shape index (κ2) is 7.83. The maximum absolute atomic E-state index is 13.8. The van der Waals surface area contributed by atoms with Crippen molar-refractivity contribution in [3.8, 4) is 22.8 Å². The molecule has 2 aromatic carbocycles. The third-order valence-electron chi connectivity index (χ3n) is 6.18. The van der Waals surface area contributed by atoms with E-state index in [1.807, 2.05) is 24.3 Å². The molecule has 7 heteroatoms. The Labute approximate surface area is 179 Å². The molecule has 3 aromatic rings. The minimum atomic E-state index is -0.178. The Morgan fingerprint density at radius 1 is 0.935 bits per heavy atom. The Bertz CT molecular complexity index is 1240. The number of morpholine rings is 1. The number of methoxy groups -OCH3 is 2. The third-order valence-corrected chi connectivity index (χ3v) is 6.18. The van der Waals surface area contributed by atoms with Crippen LogP contribution in [0.2, 0.25) is 0 Å². The summed E-state index contributed by atoms with van der Waals surface area (Å²) in [6.45, 7) is 4.21. The van der Waals surface area contributed by atoms with Crippen LogP contribution in [0.4, 0.5) is 0 Å². The van der Waals surface area contributed by atoms with Gasteiger partial charge in [-0.05, 0) is 12.1 Å². The van der Waals surface area contributed by atoms with Crippen molar-refractivity contribution in [1.82, 2.24) is 9.47 Å². The molecule has 1 aromatic heterocycles. The Morgan fingerprint density at radius 3 is 2.39 bits per heavy atom. The van der Waals surface area contributed by atoms with E-state index in [9.17, 15) is 9.59 Å². The Kier molecular flexibility index (Phi) is 5.00. The predicted octanol–water partition coefficient (Wildman–Crippen LogP) is 2.56. The first-order chi connectivity index (χ1) is 15.2. The molecule has 1 aliphatic carbocycles. The highest BCUT2D eigenvalue weighted by Gasteiger charge is 2.33. The number of carbonyl (C=O) groups is 1. The number of benzene rings is 2. The summed E-state index contributed by atoms with van der Waals surface area (Å²) in [5.74, 6) is 0.759. The molecule has 0 atom stereocenters. The van der Waals surface area contributed by atoms with E-state index in [0.29, 0.717) is 65.4 Å². The Morgan fingerprint density at radius 2 is 1.68 bits per heavy atom. The van der Waals surface area contributed by atoms with E-state index in [2.05, 4.69) is 4.90 Å². The lowest BCUT2D eigenvalue weighted by atomic mass is 10.0. The molecule has 1 fully saturated rings. The summed E-state index contributed by atoms with van der Waals surface area (Å²) >= 11 is 0. The van der Waals surface area contributed by atoms with Gasteiger partial charge in [0.2, 0.25) is 0 Å². The molecule has 2 heterocycles. The summed E-state index contributed by atoms with van der Waals surface area (Å²) in [5.41, 5.74) is 2.50. The van der Waals surface area contributed by atoms with Crippen molar-refractivity contribution < 1.29 is 19.0 Å². The van der Waals surface area contributed by atoms with Gasteiger partial charge in [-0.1, -0.05) is 24.3 Å². The lowest BCUT2D eigenvalue weighted by molar-refractivity contribution is 0.0363. The van der Waals surface area contributed by atoms with E-state index in [-0.39, 0.29) is 11.3 Å². The average molecular weight is 420 g/mol. The van der Waals surface area contributed by atoms with Gasteiger partial charge in [-0.15, -0.1) is 0 Å². The SMILES string of the molecule is COc1ccc2c3c(n(CCN4CCOCC4)c(=O)c2c1OC)-c1ccccc1C3=O. The average Bonchev–Trinajstić information content (AvgIpc) is 3.11. The van der Waals surface area contributed by atoms with Crippen LogP contribution in [0.1, 0.15) is 15.9 Å². The largest absolute Gasteiger partial charge is 0.493 e. The van der Waals surface area contributed by atoms with Crippen LogP contribution in [0.15, 0.2) is 41.2 Å². The normalized spacial score (nSPS) is 15.7. The topological polar surface area (TPSA) is 70.0 Å². The maximum atomic E-state index is 13.8. The molecular formula is C24H24N2O5. The van der Waals surface area contributed by atoms with Crippen molar-refractivity contribution in [3.05, 3.63) is 57.9 Å². The number of hydrogen-bond donors (Lipinski definition) is 0. The van der Waals surface area contributed by atoms with Crippen LogP contribution >= 0.6 is 0 Å². The van der Waals surface area contributed by atoms with Gasteiger partial charge in [-0.2, -0.15) is 0 Å². The van der Waals surface area contributed by atoms with Gasteiger partial charge in [0.15, 0.2) is 17.3 Å². The molecular weight excluding hydrogens is 396 g/mol. The van der Waals surface area contributed by atoms with Gasteiger partial charge in [0.25, 0.3) is 5.56 Å². The number of ketones is 1. The molecule has 1 aliphatic heterocycles. The summed E-state index contributed by atoms with van der Waals surface area (Å²) in [5, 5.41) is 0.977. The number of rotatable bonds is 5. The van der Waals surface area contributed by atoms with E-state index < -0.39 is 0 Å². The van der Waals surface area contributed by atoms with Crippen LogP contribution in [0.3, 0.4) is 0 Å².